The maximum atomic E-state index is 14.6. The summed E-state index contributed by atoms with van der Waals surface area (Å²) in [6.45, 7) is 3.71. The Morgan fingerprint density at radius 2 is 1.57 bits per heavy atom. The van der Waals surface area contributed by atoms with Gasteiger partial charge in [-0.1, -0.05) is 43.9 Å². The summed E-state index contributed by atoms with van der Waals surface area (Å²) in [5.74, 6) is 2.85. The molecule has 0 radical (unpaired) electrons. The fourth-order valence-electron chi connectivity index (χ4n) is 3.23. The van der Waals surface area contributed by atoms with Gasteiger partial charge in [-0.2, -0.15) is 0 Å². The lowest BCUT2D eigenvalue weighted by Crippen LogP contribution is -2.62. The summed E-state index contributed by atoms with van der Waals surface area (Å²) >= 11 is 0. The molecule has 1 fully saturated rings. The van der Waals surface area contributed by atoms with Crippen molar-refractivity contribution < 1.29 is 18.4 Å². The summed E-state index contributed by atoms with van der Waals surface area (Å²) in [5, 5.41) is 2.73. The molecule has 0 aliphatic carbocycles. The third-order valence-electron chi connectivity index (χ3n) is 5.03. The lowest BCUT2D eigenvalue weighted by Gasteiger charge is -2.40. The zero-order valence-corrected chi connectivity index (χ0v) is 15.7. The Morgan fingerprint density at radius 1 is 1.00 bits per heavy atom. The fraction of sp³-hybridized carbons (Fsp3) is 0.273. The molecule has 0 spiro atoms. The van der Waals surface area contributed by atoms with Gasteiger partial charge in [0.05, 0.1) is 12.0 Å². The number of rotatable bonds is 3. The van der Waals surface area contributed by atoms with Crippen LogP contribution in [0.1, 0.15) is 44.2 Å². The van der Waals surface area contributed by atoms with Gasteiger partial charge in [0.2, 0.25) is 5.91 Å². The number of halogens is 2. The molecule has 0 atom stereocenters. The van der Waals surface area contributed by atoms with E-state index >= 15 is 0 Å². The van der Waals surface area contributed by atoms with Crippen molar-refractivity contribution in [3.63, 3.8) is 0 Å². The van der Waals surface area contributed by atoms with Crippen molar-refractivity contribution in [1.82, 2.24) is 5.32 Å². The maximum Gasteiger partial charge on any atom is 0.329 e. The van der Waals surface area contributed by atoms with Crippen LogP contribution >= 0.6 is 0 Å². The van der Waals surface area contributed by atoms with Gasteiger partial charge in [-0.05, 0) is 37.1 Å². The first kappa shape index (κ1) is 19.6. The molecule has 0 bridgehead atoms. The number of amides is 3. The van der Waals surface area contributed by atoms with Crippen LogP contribution in [0.15, 0.2) is 42.5 Å². The molecule has 1 heterocycles. The predicted molar refractivity (Wildman–Crippen MR) is 103 cm³/mol. The molecular formula is C22H20F2N2O2. The number of imide groups is 1. The summed E-state index contributed by atoms with van der Waals surface area (Å²) in [6.07, 6.45) is 1.09. The van der Waals surface area contributed by atoms with Crippen molar-refractivity contribution in [2.45, 2.75) is 38.6 Å². The topological polar surface area (TPSA) is 49.4 Å². The minimum absolute atomic E-state index is 0.0137. The second-order valence-corrected chi connectivity index (χ2v) is 6.73. The van der Waals surface area contributed by atoms with Crippen LogP contribution in [-0.4, -0.2) is 17.5 Å². The molecule has 6 heteroatoms. The van der Waals surface area contributed by atoms with Crippen LogP contribution in [0.5, 0.6) is 0 Å². The Kier molecular flexibility index (Phi) is 5.46. The van der Waals surface area contributed by atoms with Gasteiger partial charge in [0.1, 0.15) is 5.69 Å². The van der Waals surface area contributed by atoms with E-state index in [1.807, 2.05) is 32.0 Å². The largest absolute Gasteiger partial charge is 0.331 e. The number of nitrogens with one attached hydrogen (secondary N) is 1. The van der Waals surface area contributed by atoms with Gasteiger partial charge in [-0.3, -0.25) is 4.79 Å². The van der Waals surface area contributed by atoms with Crippen LogP contribution in [0.4, 0.5) is 19.3 Å². The van der Waals surface area contributed by atoms with E-state index in [2.05, 4.69) is 17.2 Å². The highest BCUT2D eigenvalue weighted by Gasteiger charge is 2.43. The summed E-state index contributed by atoms with van der Waals surface area (Å²) in [5.41, 5.74) is -0.537. The third-order valence-corrected chi connectivity index (χ3v) is 5.03. The van der Waals surface area contributed by atoms with Crippen LogP contribution in [0.2, 0.25) is 0 Å². The average Bonchev–Trinajstić information content (AvgIpc) is 2.68. The van der Waals surface area contributed by atoms with Crippen LogP contribution in [-0.2, 0) is 4.79 Å². The number of anilines is 1. The zero-order valence-electron chi connectivity index (χ0n) is 15.7. The molecule has 28 heavy (non-hydrogen) atoms. The smallest absolute Gasteiger partial charge is 0.329 e. The van der Waals surface area contributed by atoms with Gasteiger partial charge < -0.3 is 5.32 Å². The maximum absolute atomic E-state index is 14.6. The number of benzene rings is 2. The summed E-state index contributed by atoms with van der Waals surface area (Å²) in [4.78, 5) is 25.6. The van der Waals surface area contributed by atoms with E-state index in [1.165, 1.54) is 0 Å². The van der Waals surface area contributed by atoms with Crippen molar-refractivity contribution in [3.05, 3.63) is 65.2 Å². The quantitative estimate of drug-likeness (QED) is 0.802. The van der Waals surface area contributed by atoms with Crippen molar-refractivity contribution in [1.29, 1.82) is 0 Å². The second-order valence-electron chi connectivity index (χ2n) is 6.73. The molecule has 1 N–H and O–H groups in total. The highest BCUT2D eigenvalue weighted by atomic mass is 19.1. The SMILES string of the molecule is CCC1(CC)CC(=O)N(c2c(F)cc(C#Cc3ccccc3)cc2F)C(=O)N1. The Labute approximate surface area is 162 Å². The number of hydrogen-bond donors (Lipinski definition) is 1. The second kappa shape index (κ2) is 7.81. The Bertz CT molecular complexity index is 930. The van der Waals surface area contributed by atoms with Crippen molar-refractivity contribution in [2.24, 2.45) is 0 Å². The minimum atomic E-state index is -1.01. The summed E-state index contributed by atoms with van der Waals surface area (Å²) in [6, 6.07) is 10.2. The fourth-order valence-corrected chi connectivity index (χ4v) is 3.23. The summed E-state index contributed by atoms with van der Waals surface area (Å²) in [7, 11) is 0. The highest BCUT2D eigenvalue weighted by molar-refractivity contribution is 6.16. The lowest BCUT2D eigenvalue weighted by atomic mass is 9.87. The first-order chi connectivity index (χ1) is 13.4. The first-order valence-corrected chi connectivity index (χ1v) is 9.10. The molecule has 1 aliphatic rings. The van der Waals surface area contributed by atoms with Gasteiger partial charge >= 0.3 is 6.03 Å². The molecule has 4 nitrogen and oxygen atoms in total. The van der Waals surface area contributed by atoms with E-state index in [9.17, 15) is 18.4 Å². The Hall–Kier alpha value is -3.20. The highest BCUT2D eigenvalue weighted by Crippen LogP contribution is 2.32. The van der Waals surface area contributed by atoms with Gasteiger partial charge in [0.15, 0.2) is 11.6 Å². The normalized spacial score (nSPS) is 15.6. The third kappa shape index (κ3) is 3.74. The molecule has 2 aromatic carbocycles. The van der Waals surface area contributed by atoms with Crippen LogP contribution in [0.3, 0.4) is 0 Å². The first-order valence-electron chi connectivity index (χ1n) is 9.10. The van der Waals surface area contributed by atoms with E-state index in [4.69, 9.17) is 0 Å². The van der Waals surface area contributed by atoms with Crippen LogP contribution in [0.25, 0.3) is 0 Å². The molecule has 0 unspecified atom stereocenters. The number of carbonyl (C=O) groups excluding carboxylic acids is 2. The molecular weight excluding hydrogens is 362 g/mol. The standard InChI is InChI=1S/C22H20F2N2O2/c1-3-22(4-2)14-19(27)26(21(28)25-22)20-17(23)12-16(13-18(20)24)11-10-15-8-6-5-7-9-15/h5-9,12-13H,3-4,14H2,1-2H3,(H,25,28). The van der Waals surface area contributed by atoms with E-state index < -0.39 is 34.8 Å². The molecule has 3 rings (SSSR count). The molecule has 0 aromatic heterocycles. The van der Waals surface area contributed by atoms with Gasteiger partial charge in [0, 0.05) is 11.1 Å². The molecule has 3 amide bonds. The van der Waals surface area contributed by atoms with Crippen molar-refractivity contribution in [3.8, 4) is 11.8 Å². The van der Waals surface area contributed by atoms with E-state index in [1.54, 1.807) is 12.1 Å². The van der Waals surface area contributed by atoms with Crippen LogP contribution < -0.4 is 10.2 Å². The molecule has 0 saturated carbocycles. The number of hydrogen-bond acceptors (Lipinski definition) is 2. The molecule has 1 saturated heterocycles. The van der Waals surface area contributed by atoms with Crippen LogP contribution in [0, 0.1) is 23.5 Å². The average molecular weight is 382 g/mol. The van der Waals surface area contributed by atoms with Crippen molar-refractivity contribution >= 4 is 17.6 Å². The zero-order chi connectivity index (χ0) is 20.3. The van der Waals surface area contributed by atoms with E-state index in [-0.39, 0.29) is 12.0 Å². The van der Waals surface area contributed by atoms with Gasteiger partial charge in [-0.15, -0.1) is 0 Å². The monoisotopic (exact) mass is 382 g/mol. The number of nitrogens with zero attached hydrogens (tertiary/aromatic N) is 1. The van der Waals surface area contributed by atoms with E-state index in [0.717, 1.165) is 12.1 Å². The van der Waals surface area contributed by atoms with Gasteiger partial charge in [0.25, 0.3) is 0 Å². The number of carbonyl (C=O) groups is 2. The Balaban J connectivity index is 1.93. The summed E-state index contributed by atoms with van der Waals surface area (Å²) < 4.78 is 29.3. The molecule has 144 valence electrons. The van der Waals surface area contributed by atoms with E-state index in [0.29, 0.717) is 23.3 Å². The minimum Gasteiger partial charge on any atom is -0.331 e. The predicted octanol–water partition coefficient (Wildman–Crippen LogP) is 4.37. The Morgan fingerprint density at radius 3 is 2.11 bits per heavy atom. The van der Waals surface area contributed by atoms with Gasteiger partial charge in [-0.25, -0.2) is 18.5 Å². The molecule has 1 aliphatic heterocycles. The van der Waals surface area contributed by atoms with Crippen molar-refractivity contribution in [2.75, 3.05) is 4.90 Å². The molecule has 2 aromatic rings. The number of urea groups is 1. The lowest BCUT2D eigenvalue weighted by molar-refractivity contribution is -0.120.